The highest BCUT2D eigenvalue weighted by atomic mass is 16.4. The lowest BCUT2D eigenvalue weighted by molar-refractivity contribution is 0.0699. The van der Waals surface area contributed by atoms with Crippen LogP contribution in [0, 0.1) is 0 Å². The van der Waals surface area contributed by atoms with Crippen molar-refractivity contribution >= 4 is 16.9 Å². The normalized spacial score (nSPS) is 10.6. The van der Waals surface area contributed by atoms with Crippen molar-refractivity contribution < 1.29 is 9.90 Å². The molecule has 0 aliphatic heterocycles. The number of nitrogens with zero attached hydrogens (tertiary/aromatic N) is 1. The molecule has 0 spiro atoms. The second-order valence-corrected chi connectivity index (χ2v) is 3.15. The number of hydrogen-bond acceptors (Lipinski definition) is 1. The maximum atomic E-state index is 10.9. The lowest BCUT2D eigenvalue weighted by Gasteiger charge is -1.97. The first kappa shape index (κ1) is 8.81. The molecule has 0 aliphatic carbocycles. The van der Waals surface area contributed by atoms with Crippen molar-refractivity contribution in [3.63, 3.8) is 0 Å². The van der Waals surface area contributed by atoms with Crippen molar-refractivity contribution in [1.82, 2.24) is 4.57 Å². The van der Waals surface area contributed by atoms with Crippen LogP contribution in [0.15, 0.2) is 30.5 Å². The molecule has 0 radical (unpaired) electrons. The molecule has 0 unspecified atom stereocenters. The molecule has 1 aromatic heterocycles. The number of hydrogen-bond donors (Lipinski definition) is 1. The standard InChI is InChI=1S/C11H11NO2/c1-2-12-7-9(11(13)14)8-5-3-4-6-10(8)12/h3-7H,2H2,1H3,(H,13,14). The van der Waals surface area contributed by atoms with E-state index in [1.165, 1.54) is 0 Å². The third-order valence-electron chi connectivity index (χ3n) is 2.36. The zero-order chi connectivity index (χ0) is 10.1. The quantitative estimate of drug-likeness (QED) is 0.787. The van der Waals surface area contributed by atoms with Crippen LogP contribution < -0.4 is 0 Å². The minimum atomic E-state index is -0.867. The Kier molecular flexibility index (Phi) is 2.00. The Hall–Kier alpha value is -1.77. The van der Waals surface area contributed by atoms with Gasteiger partial charge in [0.1, 0.15) is 0 Å². The van der Waals surface area contributed by atoms with Gasteiger partial charge in [-0.3, -0.25) is 0 Å². The van der Waals surface area contributed by atoms with Crippen molar-refractivity contribution in [3.8, 4) is 0 Å². The molecule has 3 heteroatoms. The van der Waals surface area contributed by atoms with Crippen molar-refractivity contribution in [2.75, 3.05) is 0 Å². The van der Waals surface area contributed by atoms with Crippen molar-refractivity contribution in [3.05, 3.63) is 36.0 Å². The number of benzene rings is 1. The molecule has 0 aliphatic rings. The minimum Gasteiger partial charge on any atom is -0.478 e. The predicted molar refractivity (Wildman–Crippen MR) is 54.6 cm³/mol. The second kappa shape index (κ2) is 3.18. The van der Waals surface area contributed by atoms with Crippen molar-refractivity contribution in [1.29, 1.82) is 0 Å². The van der Waals surface area contributed by atoms with Crippen LogP contribution in [0.25, 0.3) is 10.9 Å². The van der Waals surface area contributed by atoms with E-state index < -0.39 is 5.97 Å². The summed E-state index contributed by atoms with van der Waals surface area (Å²) < 4.78 is 1.94. The Morgan fingerprint density at radius 2 is 2.14 bits per heavy atom. The molecule has 1 heterocycles. The van der Waals surface area contributed by atoms with Gasteiger partial charge >= 0.3 is 5.97 Å². The molecule has 72 valence electrons. The van der Waals surface area contributed by atoms with Gasteiger partial charge < -0.3 is 9.67 Å². The van der Waals surface area contributed by atoms with Gasteiger partial charge in [-0.15, -0.1) is 0 Å². The fourth-order valence-electron chi connectivity index (χ4n) is 1.68. The molecule has 0 amide bonds. The monoisotopic (exact) mass is 189 g/mol. The Morgan fingerprint density at radius 1 is 1.43 bits per heavy atom. The molecule has 0 fully saturated rings. The number of carbonyl (C=O) groups is 1. The Morgan fingerprint density at radius 3 is 2.79 bits per heavy atom. The molecule has 2 rings (SSSR count). The zero-order valence-electron chi connectivity index (χ0n) is 7.90. The van der Waals surface area contributed by atoms with Gasteiger partial charge in [0.25, 0.3) is 0 Å². The summed E-state index contributed by atoms with van der Waals surface area (Å²) in [5, 5.41) is 9.79. The SMILES string of the molecule is CCn1cc(C(=O)O)c2ccccc21. The van der Waals surface area contributed by atoms with Gasteiger partial charge in [0.05, 0.1) is 5.56 Å². The highest BCUT2D eigenvalue weighted by molar-refractivity contribution is 6.03. The topological polar surface area (TPSA) is 42.2 Å². The molecule has 0 bridgehead atoms. The second-order valence-electron chi connectivity index (χ2n) is 3.15. The summed E-state index contributed by atoms with van der Waals surface area (Å²) in [5.74, 6) is -0.867. The van der Waals surface area contributed by atoms with E-state index in [0.29, 0.717) is 5.56 Å². The summed E-state index contributed by atoms with van der Waals surface area (Å²) >= 11 is 0. The molecule has 0 atom stereocenters. The van der Waals surface area contributed by atoms with Crippen molar-refractivity contribution in [2.24, 2.45) is 0 Å². The summed E-state index contributed by atoms with van der Waals surface area (Å²) in [6.07, 6.45) is 1.69. The van der Waals surface area contributed by atoms with Crippen LogP contribution in [0.2, 0.25) is 0 Å². The van der Waals surface area contributed by atoms with E-state index in [1.54, 1.807) is 6.20 Å². The fourth-order valence-corrected chi connectivity index (χ4v) is 1.68. The Balaban J connectivity index is 2.80. The van der Waals surface area contributed by atoms with Gasteiger partial charge in [0.2, 0.25) is 0 Å². The van der Waals surface area contributed by atoms with Crippen LogP contribution in [-0.2, 0) is 6.54 Å². The maximum absolute atomic E-state index is 10.9. The fraction of sp³-hybridized carbons (Fsp3) is 0.182. The molecule has 0 saturated carbocycles. The van der Waals surface area contributed by atoms with Gasteiger partial charge in [0, 0.05) is 23.6 Å². The number of aromatic nitrogens is 1. The molecular weight excluding hydrogens is 178 g/mol. The molecule has 1 aromatic carbocycles. The smallest absolute Gasteiger partial charge is 0.337 e. The van der Waals surface area contributed by atoms with Crippen LogP contribution in [0.1, 0.15) is 17.3 Å². The lowest BCUT2D eigenvalue weighted by atomic mass is 10.2. The Bertz CT molecular complexity index is 485. The third-order valence-corrected chi connectivity index (χ3v) is 2.36. The molecule has 2 aromatic rings. The number of carboxylic acid groups (broad SMARTS) is 1. The van der Waals surface area contributed by atoms with E-state index in [1.807, 2.05) is 35.8 Å². The highest BCUT2D eigenvalue weighted by Gasteiger charge is 2.11. The van der Waals surface area contributed by atoms with E-state index in [4.69, 9.17) is 5.11 Å². The van der Waals surface area contributed by atoms with Crippen LogP contribution >= 0.6 is 0 Å². The first-order chi connectivity index (χ1) is 6.74. The predicted octanol–water partition coefficient (Wildman–Crippen LogP) is 2.36. The van der Waals surface area contributed by atoms with Gasteiger partial charge in [-0.2, -0.15) is 0 Å². The number of rotatable bonds is 2. The maximum Gasteiger partial charge on any atom is 0.337 e. The summed E-state index contributed by atoms with van der Waals surface area (Å²) in [5.41, 5.74) is 1.36. The van der Waals surface area contributed by atoms with Gasteiger partial charge in [-0.05, 0) is 13.0 Å². The van der Waals surface area contributed by atoms with Crippen molar-refractivity contribution in [2.45, 2.75) is 13.5 Å². The first-order valence-electron chi connectivity index (χ1n) is 4.55. The molecular formula is C11H11NO2. The molecule has 0 saturated heterocycles. The lowest BCUT2D eigenvalue weighted by Crippen LogP contribution is -1.94. The molecule has 3 nitrogen and oxygen atoms in total. The summed E-state index contributed by atoms with van der Waals surface area (Å²) in [6.45, 7) is 2.78. The van der Waals surface area contributed by atoms with Crippen LogP contribution in [0.3, 0.4) is 0 Å². The first-order valence-corrected chi connectivity index (χ1v) is 4.55. The number of aryl methyl sites for hydroxylation is 1. The van der Waals surface area contributed by atoms with Gasteiger partial charge in [-0.1, -0.05) is 18.2 Å². The van der Waals surface area contributed by atoms with E-state index in [2.05, 4.69) is 0 Å². The highest BCUT2D eigenvalue weighted by Crippen LogP contribution is 2.20. The summed E-state index contributed by atoms with van der Waals surface area (Å²) in [7, 11) is 0. The van der Waals surface area contributed by atoms with E-state index in [-0.39, 0.29) is 0 Å². The number of fused-ring (bicyclic) bond motifs is 1. The van der Waals surface area contributed by atoms with E-state index in [9.17, 15) is 4.79 Å². The van der Waals surface area contributed by atoms with Crippen LogP contribution in [-0.4, -0.2) is 15.6 Å². The summed E-state index contributed by atoms with van der Waals surface area (Å²) in [6, 6.07) is 7.55. The zero-order valence-corrected chi connectivity index (χ0v) is 7.90. The average molecular weight is 189 g/mol. The Labute approximate surface area is 81.6 Å². The summed E-state index contributed by atoms with van der Waals surface area (Å²) in [4.78, 5) is 10.9. The average Bonchev–Trinajstić information content (AvgIpc) is 2.56. The van der Waals surface area contributed by atoms with Crippen LogP contribution in [0.5, 0.6) is 0 Å². The number of aromatic carboxylic acids is 1. The molecule has 14 heavy (non-hydrogen) atoms. The van der Waals surface area contributed by atoms with E-state index >= 15 is 0 Å². The molecule has 1 N–H and O–H groups in total. The minimum absolute atomic E-state index is 0.377. The van der Waals surface area contributed by atoms with Gasteiger partial charge in [0.15, 0.2) is 0 Å². The van der Waals surface area contributed by atoms with Gasteiger partial charge in [-0.25, -0.2) is 4.79 Å². The largest absolute Gasteiger partial charge is 0.478 e. The number of carboxylic acids is 1. The number of para-hydroxylation sites is 1. The van der Waals surface area contributed by atoms with Crippen LogP contribution in [0.4, 0.5) is 0 Å². The van der Waals surface area contributed by atoms with E-state index in [0.717, 1.165) is 17.4 Å². The third kappa shape index (κ3) is 1.18.